The third kappa shape index (κ3) is 4.94. The van der Waals surface area contributed by atoms with Crippen LogP contribution in [-0.2, 0) is 24.3 Å². The normalized spacial score (nSPS) is 28.7. The number of carbonyl (C=O) groups excluding carboxylic acids is 2. The number of hydrogen-bond acceptors (Lipinski definition) is 6. The zero-order valence-electron chi connectivity index (χ0n) is 20.2. The summed E-state index contributed by atoms with van der Waals surface area (Å²) in [6, 6.07) is 4.62. The molecule has 1 aromatic rings. The first-order valence-corrected chi connectivity index (χ1v) is 13.5. The van der Waals surface area contributed by atoms with E-state index in [1.165, 1.54) is 30.0 Å². The van der Waals surface area contributed by atoms with E-state index in [9.17, 15) is 18.0 Å². The molecule has 2 heterocycles. The van der Waals surface area contributed by atoms with Crippen LogP contribution in [0.5, 0.6) is 5.75 Å². The number of benzene rings is 1. The summed E-state index contributed by atoms with van der Waals surface area (Å²) in [5, 5.41) is 2.83. The average Bonchev–Trinajstić information content (AvgIpc) is 3.23. The molecule has 9 nitrogen and oxygen atoms in total. The second kappa shape index (κ2) is 10.2. The maximum Gasteiger partial charge on any atom is 0.243 e. The van der Waals surface area contributed by atoms with Gasteiger partial charge >= 0.3 is 0 Å². The van der Waals surface area contributed by atoms with Gasteiger partial charge in [-0.25, -0.2) is 8.42 Å². The molecule has 4 atom stereocenters. The second-order valence-corrected chi connectivity index (χ2v) is 11.6. The molecule has 1 saturated carbocycles. The fraction of sp³-hybridized carbons (Fsp3) is 0.667. The van der Waals surface area contributed by atoms with Crippen molar-refractivity contribution in [3.8, 4) is 5.75 Å². The van der Waals surface area contributed by atoms with Gasteiger partial charge < -0.3 is 19.7 Å². The van der Waals surface area contributed by atoms with Crippen LogP contribution in [0.1, 0.15) is 39.5 Å². The molecule has 1 aliphatic carbocycles. The molecule has 0 bridgehead atoms. The van der Waals surface area contributed by atoms with Crippen LogP contribution in [0.2, 0.25) is 0 Å². The fourth-order valence-electron chi connectivity index (χ4n) is 5.34. The van der Waals surface area contributed by atoms with Crippen molar-refractivity contribution in [3.05, 3.63) is 18.2 Å². The minimum absolute atomic E-state index is 0.0155. The molecule has 1 N–H and O–H groups in total. The lowest BCUT2D eigenvalue weighted by Crippen LogP contribution is -2.45. The highest BCUT2D eigenvalue weighted by Gasteiger charge is 2.41. The predicted octanol–water partition coefficient (Wildman–Crippen LogP) is 2.33. The summed E-state index contributed by atoms with van der Waals surface area (Å²) in [5.74, 6) is 0.557. The highest BCUT2D eigenvalue weighted by atomic mass is 32.2. The second-order valence-electron chi connectivity index (χ2n) is 9.65. The molecule has 34 heavy (non-hydrogen) atoms. The highest BCUT2D eigenvalue weighted by Crippen LogP contribution is 2.36. The smallest absolute Gasteiger partial charge is 0.243 e. The number of nitrogens with zero attached hydrogens (tertiary/aromatic N) is 2. The SMILES string of the molecule is COc1ccc(S(=O)(=O)N2CCOCC2)cc1NC(=O)[C@@H]1CC(=O)N([C@@H]2CCC[C@H](C)[C@H]2C)C1. The van der Waals surface area contributed by atoms with E-state index >= 15 is 0 Å². The molecular weight excluding hydrogens is 458 g/mol. The van der Waals surface area contributed by atoms with Crippen LogP contribution in [0.15, 0.2) is 23.1 Å². The third-order valence-electron chi connectivity index (χ3n) is 7.63. The van der Waals surface area contributed by atoms with E-state index in [2.05, 4.69) is 19.2 Å². The van der Waals surface area contributed by atoms with Gasteiger partial charge in [-0.1, -0.05) is 26.7 Å². The minimum Gasteiger partial charge on any atom is -0.495 e. The predicted molar refractivity (Wildman–Crippen MR) is 127 cm³/mol. The molecule has 2 amide bonds. The zero-order chi connectivity index (χ0) is 24.5. The van der Waals surface area contributed by atoms with Crippen molar-refractivity contribution in [1.29, 1.82) is 0 Å². The van der Waals surface area contributed by atoms with E-state index in [4.69, 9.17) is 9.47 Å². The molecule has 3 aliphatic rings. The van der Waals surface area contributed by atoms with E-state index in [-0.39, 0.29) is 47.9 Å². The Bertz CT molecular complexity index is 1020. The molecule has 0 spiro atoms. The lowest BCUT2D eigenvalue weighted by Gasteiger charge is -2.40. The molecule has 0 radical (unpaired) electrons. The molecule has 1 aromatic carbocycles. The Balaban J connectivity index is 1.49. The molecule has 2 aliphatic heterocycles. The number of hydrogen-bond donors (Lipinski definition) is 1. The maximum absolute atomic E-state index is 13.1. The Hall–Kier alpha value is -2.17. The number of likely N-dealkylation sites (tertiary alicyclic amines) is 1. The van der Waals surface area contributed by atoms with E-state index in [0.717, 1.165) is 12.8 Å². The van der Waals surface area contributed by atoms with Crippen molar-refractivity contribution in [1.82, 2.24) is 9.21 Å². The molecular formula is C24H35N3O6S. The summed E-state index contributed by atoms with van der Waals surface area (Å²) in [5.41, 5.74) is 0.285. The molecule has 0 unspecified atom stereocenters. The number of carbonyl (C=O) groups is 2. The number of amides is 2. The lowest BCUT2D eigenvalue weighted by atomic mass is 9.77. The minimum atomic E-state index is -3.72. The highest BCUT2D eigenvalue weighted by molar-refractivity contribution is 7.89. The fourth-order valence-corrected chi connectivity index (χ4v) is 6.77. The van der Waals surface area contributed by atoms with Crippen LogP contribution >= 0.6 is 0 Å². The first-order chi connectivity index (χ1) is 16.2. The summed E-state index contributed by atoms with van der Waals surface area (Å²) < 4.78 is 38.1. The van der Waals surface area contributed by atoms with Gasteiger partial charge in [-0.15, -0.1) is 0 Å². The van der Waals surface area contributed by atoms with Gasteiger partial charge in [-0.2, -0.15) is 4.31 Å². The average molecular weight is 494 g/mol. The van der Waals surface area contributed by atoms with Crippen LogP contribution < -0.4 is 10.1 Å². The lowest BCUT2D eigenvalue weighted by molar-refractivity contribution is -0.131. The monoisotopic (exact) mass is 493 g/mol. The van der Waals surface area contributed by atoms with Crippen molar-refractivity contribution in [2.45, 2.75) is 50.5 Å². The van der Waals surface area contributed by atoms with Crippen molar-refractivity contribution in [3.63, 3.8) is 0 Å². The maximum atomic E-state index is 13.1. The number of rotatable bonds is 6. The van der Waals surface area contributed by atoms with Crippen LogP contribution in [0.3, 0.4) is 0 Å². The van der Waals surface area contributed by atoms with Crippen molar-refractivity contribution in [2.24, 2.45) is 17.8 Å². The van der Waals surface area contributed by atoms with Gasteiger partial charge in [0.05, 0.1) is 36.8 Å². The largest absolute Gasteiger partial charge is 0.495 e. The van der Waals surface area contributed by atoms with Crippen molar-refractivity contribution < 1.29 is 27.5 Å². The van der Waals surface area contributed by atoms with Gasteiger partial charge in [0.15, 0.2) is 0 Å². The quantitative estimate of drug-likeness (QED) is 0.652. The first-order valence-electron chi connectivity index (χ1n) is 12.1. The number of morpholine rings is 1. The van der Waals surface area contributed by atoms with E-state index in [1.54, 1.807) is 6.07 Å². The summed E-state index contributed by atoms with van der Waals surface area (Å²) in [6.07, 6.45) is 3.41. The topological polar surface area (TPSA) is 105 Å². The summed E-state index contributed by atoms with van der Waals surface area (Å²) in [4.78, 5) is 27.9. The number of methoxy groups -OCH3 is 1. The van der Waals surface area contributed by atoms with E-state index in [1.807, 2.05) is 4.90 Å². The molecule has 2 saturated heterocycles. The number of nitrogens with one attached hydrogen (secondary N) is 1. The Morgan fingerprint density at radius 3 is 2.62 bits per heavy atom. The number of anilines is 1. The van der Waals surface area contributed by atoms with Crippen LogP contribution in [0.4, 0.5) is 5.69 Å². The Morgan fingerprint density at radius 1 is 1.18 bits per heavy atom. The van der Waals surface area contributed by atoms with Gasteiger partial charge in [-0.05, 0) is 36.5 Å². The van der Waals surface area contributed by atoms with Crippen LogP contribution in [-0.4, -0.2) is 75.4 Å². The summed E-state index contributed by atoms with van der Waals surface area (Å²) in [7, 11) is -2.26. The number of ether oxygens (including phenoxy) is 2. The Morgan fingerprint density at radius 2 is 1.91 bits per heavy atom. The van der Waals surface area contributed by atoms with Gasteiger partial charge in [0.2, 0.25) is 21.8 Å². The number of sulfonamides is 1. The first kappa shape index (κ1) is 24.9. The van der Waals surface area contributed by atoms with E-state index < -0.39 is 15.9 Å². The standard InChI is InChI=1S/C24H35N3O6S/c1-16-5-4-6-21(17(16)2)27-15-18(13-23(27)28)24(29)25-20-14-19(7-8-22(20)32-3)34(30,31)26-9-11-33-12-10-26/h7-8,14,16-18,21H,4-6,9-13,15H2,1-3H3,(H,25,29)/t16-,17+,18+,21+/m0/s1. The Kier molecular flexibility index (Phi) is 7.49. The summed E-state index contributed by atoms with van der Waals surface area (Å²) in [6.45, 7) is 6.09. The van der Waals surface area contributed by atoms with Crippen molar-refractivity contribution >= 4 is 27.5 Å². The zero-order valence-corrected chi connectivity index (χ0v) is 21.0. The van der Waals surface area contributed by atoms with Gasteiger partial charge in [-0.3, -0.25) is 9.59 Å². The Labute approximate surface area is 201 Å². The van der Waals surface area contributed by atoms with Gasteiger partial charge in [0, 0.05) is 32.1 Å². The summed E-state index contributed by atoms with van der Waals surface area (Å²) >= 11 is 0. The molecule has 188 valence electrons. The molecule has 4 rings (SSSR count). The molecule has 3 fully saturated rings. The van der Waals surface area contributed by atoms with Gasteiger partial charge in [0.1, 0.15) is 5.75 Å². The third-order valence-corrected chi connectivity index (χ3v) is 9.52. The van der Waals surface area contributed by atoms with Crippen molar-refractivity contribution in [2.75, 3.05) is 45.3 Å². The van der Waals surface area contributed by atoms with E-state index in [0.29, 0.717) is 37.3 Å². The molecule has 0 aromatic heterocycles. The van der Waals surface area contributed by atoms with Crippen LogP contribution in [0, 0.1) is 17.8 Å². The molecule has 10 heteroatoms. The van der Waals surface area contributed by atoms with Gasteiger partial charge in [0.25, 0.3) is 0 Å². The van der Waals surface area contributed by atoms with Crippen LogP contribution in [0.25, 0.3) is 0 Å².